The number of fused-ring (bicyclic) bond motifs is 1. The first kappa shape index (κ1) is 37.4. The predicted octanol–water partition coefficient (Wildman–Crippen LogP) is 0.312. The zero-order valence-corrected chi connectivity index (χ0v) is 30.6. The van der Waals surface area contributed by atoms with Crippen molar-refractivity contribution < 1.29 is 33.9 Å². The largest absolute Gasteiger partial charge is 0.477 e. The topological polar surface area (TPSA) is 224 Å². The van der Waals surface area contributed by atoms with Gasteiger partial charge in [0.1, 0.15) is 17.1 Å². The van der Waals surface area contributed by atoms with Gasteiger partial charge in [-0.25, -0.2) is 14.7 Å². The molecule has 20 heteroatoms. The van der Waals surface area contributed by atoms with E-state index in [2.05, 4.69) is 20.8 Å². The molecule has 3 aliphatic rings. The Bertz CT molecular complexity index is 2150. The van der Waals surface area contributed by atoms with Gasteiger partial charge >= 0.3 is 34.9 Å². The van der Waals surface area contributed by atoms with Gasteiger partial charge in [0.05, 0.1) is 0 Å². The highest BCUT2D eigenvalue weighted by Gasteiger charge is 2.65. The van der Waals surface area contributed by atoms with Gasteiger partial charge in [0, 0.05) is 38.2 Å². The molecule has 2 aromatic carbocycles. The van der Waals surface area contributed by atoms with Crippen LogP contribution in [0.25, 0.3) is 0 Å². The number of piperazine rings is 1. The molecule has 0 radical (unpaired) electrons. The van der Waals surface area contributed by atoms with Crippen LogP contribution in [0.1, 0.15) is 17.2 Å². The number of benzene rings is 2. The third-order valence-corrected chi connectivity index (χ3v) is 12.6. The third kappa shape index (κ3) is 7.08. The molecule has 0 aliphatic carbocycles. The van der Waals surface area contributed by atoms with E-state index in [0.29, 0.717) is 11.1 Å². The number of nitrogens with zero attached hydrogens (tertiary/aromatic N) is 5. The second-order valence-electron chi connectivity index (χ2n) is 12.0. The highest BCUT2D eigenvalue weighted by molar-refractivity contribution is 8.05. The number of aromatic amines is 1. The number of carboxylic acids is 1. The van der Waals surface area contributed by atoms with Crippen LogP contribution in [0.15, 0.2) is 86.7 Å². The number of thioether (sulfide) groups is 3. The summed E-state index contributed by atoms with van der Waals surface area (Å²) in [6.07, 6.45) is 1.59. The predicted molar refractivity (Wildman–Crippen MR) is 194 cm³/mol. The van der Waals surface area contributed by atoms with Crippen LogP contribution in [0.5, 0.6) is 0 Å². The van der Waals surface area contributed by atoms with Crippen molar-refractivity contribution in [3.05, 3.63) is 104 Å². The molecule has 4 heterocycles. The van der Waals surface area contributed by atoms with Crippen LogP contribution in [0.3, 0.4) is 0 Å². The zero-order chi connectivity index (χ0) is 38.0. The molecule has 3 aromatic rings. The minimum Gasteiger partial charge on any atom is -0.477 e. The number of aromatic nitrogens is 3. The Kier molecular flexibility index (Phi) is 10.8. The summed E-state index contributed by atoms with van der Waals surface area (Å²) >= 11 is 3.22. The minimum atomic E-state index is -1.63. The van der Waals surface area contributed by atoms with Crippen molar-refractivity contribution in [2.45, 2.75) is 28.0 Å². The maximum absolute atomic E-state index is 14.1. The molecule has 3 atom stereocenters. The summed E-state index contributed by atoms with van der Waals surface area (Å²) in [5.41, 5.74) is -0.523. The lowest BCUT2D eigenvalue weighted by molar-refractivity contribution is -0.154. The molecule has 0 spiro atoms. The molecule has 2 saturated heterocycles. The van der Waals surface area contributed by atoms with E-state index in [0.717, 1.165) is 43.5 Å². The second-order valence-corrected chi connectivity index (χ2v) is 15.0. The number of carbonyl (C=O) groups is 6. The lowest BCUT2D eigenvalue weighted by Crippen LogP contribution is -2.78. The van der Waals surface area contributed by atoms with Crippen molar-refractivity contribution in [3.8, 4) is 0 Å². The molecule has 2 fully saturated rings. The second kappa shape index (κ2) is 15.3. The molecular formula is C33H32N8O9S3. The summed E-state index contributed by atoms with van der Waals surface area (Å²) in [4.78, 5) is 105. The van der Waals surface area contributed by atoms with Gasteiger partial charge in [-0.1, -0.05) is 72.4 Å². The van der Waals surface area contributed by atoms with E-state index in [4.69, 9.17) is 0 Å². The van der Waals surface area contributed by atoms with Crippen molar-refractivity contribution in [1.82, 2.24) is 40.1 Å². The van der Waals surface area contributed by atoms with E-state index in [-0.39, 0.29) is 42.0 Å². The Morgan fingerprint density at radius 1 is 1.02 bits per heavy atom. The van der Waals surface area contributed by atoms with Crippen molar-refractivity contribution in [1.29, 1.82) is 0 Å². The Morgan fingerprint density at radius 3 is 2.36 bits per heavy atom. The van der Waals surface area contributed by atoms with Crippen molar-refractivity contribution >= 4 is 70.9 Å². The number of amides is 6. The summed E-state index contributed by atoms with van der Waals surface area (Å²) in [6.45, 7) is 0.142. The Labute approximate surface area is 313 Å². The number of H-pyrrole nitrogens is 1. The molecule has 0 bridgehead atoms. The number of β-lactam (4-membered cyclic amide) rings is 1. The highest BCUT2D eigenvalue weighted by Crippen LogP contribution is 2.51. The van der Waals surface area contributed by atoms with Crippen molar-refractivity contribution in [2.24, 2.45) is 7.05 Å². The third-order valence-electron chi connectivity index (χ3n) is 8.79. The molecule has 276 valence electrons. The van der Waals surface area contributed by atoms with Gasteiger partial charge in [-0.3, -0.25) is 43.1 Å². The molecule has 3 aliphatic heterocycles. The van der Waals surface area contributed by atoms with Gasteiger partial charge in [0.2, 0.25) is 5.91 Å². The monoisotopic (exact) mass is 780 g/mol. The number of aliphatic carboxylic acids is 1. The Balaban J connectivity index is 1.19. The summed E-state index contributed by atoms with van der Waals surface area (Å²) in [5.74, 6) is -4.64. The van der Waals surface area contributed by atoms with Crippen LogP contribution in [-0.2, 0) is 37.6 Å². The highest BCUT2D eigenvalue weighted by atomic mass is 32.2. The normalized spacial score (nSPS) is 20.5. The van der Waals surface area contributed by atoms with E-state index in [9.17, 15) is 43.5 Å². The van der Waals surface area contributed by atoms with Gasteiger partial charge in [0.25, 0.3) is 5.91 Å². The first-order chi connectivity index (χ1) is 25.4. The summed E-state index contributed by atoms with van der Waals surface area (Å²) in [5, 5.41) is 20.8. The van der Waals surface area contributed by atoms with E-state index in [1.807, 2.05) is 30.3 Å². The summed E-state index contributed by atoms with van der Waals surface area (Å²) in [7, 11) is 1.36. The number of rotatable bonds is 11. The van der Waals surface area contributed by atoms with E-state index in [1.54, 1.807) is 36.6 Å². The fourth-order valence-corrected chi connectivity index (χ4v) is 9.70. The van der Waals surface area contributed by atoms with Crippen LogP contribution in [-0.4, -0.2) is 111 Å². The number of carbonyl (C=O) groups excluding carboxylic acids is 5. The van der Waals surface area contributed by atoms with Crippen molar-refractivity contribution in [3.63, 3.8) is 0 Å². The van der Waals surface area contributed by atoms with Gasteiger partial charge in [-0.2, -0.15) is 0 Å². The maximum Gasteiger partial charge on any atom is 0.352 e. The van der Waals surface area contributed by atoms with Gasteiger partial charge in [-0.05, 0) is 23.0 Å². The van der Waals surface area contributed by atoms with E-state index >= 15 is 0 Å². The van der Waals surface area contributed by atoms with Crippen LogP contribution < -0.4 is 21.8 Å². The number of carboxylic acid groups (broad SMARTS) is 1. The van der Waals surface area contributed by atoms with Gasteiger partial charge < -0.3 is 20.6 Å². The summed E-state index contributed by atoms with van der Waals surface area (Å²) in [6, 6.07) is 14.8. The van der Waals surface area contributed by atoms with Crippen molar-refractivity contribution in [2.75, 3.05) is 30.9 Å². The van der Waals surface area contributed by atoms with Gasteiger partial charge in [0.15, 0.2) is 10.0 Å². The van der Waals surface area contributed by atoms with Crippen LogP contribution >= 0.6 is 35.3 Å². The SMILES string of the molecule is CS[C@@]1(NC(=O)C(NC(=O)N2CCN(Cc3ccccc3)C(=O)C2=O)c2ccccc2)C(=O)N2C(C(=O)O)=C(CSc3n[nH]c(=O)c(=O)n3C)CS[C@@H]21. The number of nitrogens with one attached hydrogen (secondary N) is 3. The lowest BCUT2D eigenvalue weighted by Gasteiger charge is -2.56. The first-order valence-electron chi connectivity index (χ1n) is 15.9. The fourth-order valence-electron chi connectivity index (χ4n) is 6.02. The van der Waals surface area contributed by atoms with Crippen LogP contribution in [0.4, 0.5) is 4.79 Å². The summed E-state index contributed by atoms with van der Waals surface area (Å²) < 4.78 is 1.04. The molecular weight excluding hydrogens is 749 g/mol. The molecule has 0 saturated carbocycles. The zero-order valence-electron chi connectivity index (χ0n) is 28.1. The number of imide groups is 1. The average Bonchev–Trinajstić information content (AvgIpc) is 3.16. The molecule has 6 rings (SSSR count). The van der Waals surface area contributed by atoms with Gasteiger partial charge in [-0.15, -0.1) is 28.6 Å². The molecule has 53 heavy (non-hydrogen) atoms. The number of hydrogen-bond donors (Lipinski definition) is 4. The molecule has 1 aromatic heterocycles. The van der Waals surface area contributed by atoms with Crippen LogP contribution in [0.2, 0.25) is 0 Å². The molecule has 1 unspecified atom stereocenters. The molecule has 17 nitrogen and oxygen atoms in total. The maximum atomic E-state index is 14.1. The quantitative estimate of drug-likeness (QED) is 0.0892. The molecule has 6 amide bonds. The Morgan fingerprint density at radius 2 is 1.70 bits per heavy atom. The van der Waals surface area contributed by atoms with Crippen LogP contribution in [0, 0.1) is 0 Å². The molecule has 4 N–H and O–H groups in total. The standard InChI is InChI=1S/C33H32N8O9S3/c1-38-25(44)24(43)36-37-32(38)53-17-20-16-52-30-33(51-2,29(49)41(30)22(20)28(47)48)35-23(42)21(19-11-7-4-8-12-19)34-31(50)40-14-13-39(26(45)27(40)46)15-18-9-5-3-6-10-18/h3-12,21,30H,13-17H2,1-2H3,(H,34,50)(H,35,42)(H,36,43)(H,47,48)/t21?,30-,33+/m1/s1. The van der Waals surface area contributed by atoms with E-state index < -0.39 is 63.0 Å². The minimum absolute atomic E-state index is 0.0277. The average molecular weight is 781 g/mol. The first-order valence-corrected chi connectivity index (χ1v) is 19.2. The smallest absolute Gasteiger partial charge is 0.352 e. The fraction of sp³-hybridized carbons (Fsp3) is 0.303. The lowest BCUT2D eigenvalue weighted by atomic mass is 10.00. The Hall–Kier alpha value is -5.34. The van der Waals surface area contributed by atoms with E-state index in [1.165, 1.54) is 23.7 Å². The number of hydrogen-bond acceptors (Lipinski definition) is 12. The number of urea groups is 1.